The number of H-pyrrole nitrogens is 1. The lowest BCUT2D eigenvalue weighted by Gasteiger charge is -2.15. The van der Waals surface area contributed by atoms with Gasteiger partial charge in [-0.25, -0.2) is 0 Å². The Bertz CT molecular complexity index is 827. The van der Waals surface area contributed by atoms with E-state index in [1.807, 2.05) is 26.8 Å². The van der Waals surface area contributed by atoms with Gasteiger partial charge in [0.1, 0.15) is 0 Å². The summed E-state index contributed by atoms with van der Waals surface area (Å²) in [5, 5.41) is 11.9. The molecule has 0 saturated heterocycles. The number of aromatic nitrogens is 3. The Morgan fingerprint density at radius 1 is 1.31 bits per heavy atom. The Hall–Kier alpha value is -1.86. The van der Waals surface area contributed by atoms with E-state index < -0.39 is 0 Å². The normalized spacial score (nSPS) is 11.7. The number of halogens is 1. The number of ether oxygens (including phenoxy) is 2. The molecule has 1 aromatic heterocycles. The standard InChI is InChI=1S/C18H25ClN4O2S/c1-6-24-15-8-13(7-14(19)16(15)25-10-11(2)3)9-20-23-17(12(4)5)21-22-18(23)26/h7-9,11-12H,6,10H2,1-5H3,(H,22,26)/b20-9-. The Morgan fingerprint density at radius 2 is 2.04 bits per heavy atom. The van der Waals surface area contributed by atoms with Crippen molar-refractivity contribution in [3.05, 3.63) is 33.3 Å². The van der Waals surface area contributed by atoms with Gasteiger partial charge in [-0.05, 0) is 42.8 Å². The lowest BCUT2D eigenvalue weighted by Crippen LogP contribution is -2.07. The van der Waals surface area contributed by atoms with E-state index in [0.29, 0.717) is 40.4 Å². The van der Waals surface area contributed by atoms with E-state index in [-0.39, 0.29) is 5.92 Å². The molecule has 0 bridgehead atoms. The molecule has 0 radical (unpaired) electrons. The van der Waals surface area contributed by atoms with E-state index in [4.69, 9.17) is 33.3 Å². The molecular weight excluding hydrogens is 372 g/mol. The lowest BCUT2D eigenvalue weighted by molar-refractivity contribution is 0.248. The average molecular weight is 397 g/mol. The molecular formula is C18H25ClN4O2S. The highest BCUT2D eigenvalue weighted by Crippen LogP contribution is 2.36. The van der Waals surface area contributed by atoms with Crippen molar-refractivity contribution in [1.29, 1.82) is 0 Å². The monoisotopic (exact) mass is 396 g/mol. The van der Waals surface area contributed by atoms with Gasteiger partial charge in [0.2, 0.25) is 4.77 Å². The van der Waals surface area contributed by atoms with E-state index in [2.05, 4.69) is 29.1 Å². The molecule has 0 aliphatic rings. The highest BCUT2D eigenvalue weighted by molar-refractivity contribution is 7.71. The number of hydrogen-bond donors (Lipinski definition) is 1. The van der Waals surface area contributed by atoms with Crippen LogP contribution >= 0.6 is 23.8 Å². The molecule has 8 heteroatoms. The third kappa shape index (κ3) is 5.08. The summed E-state index contributed by atoms with van der Waals surface area (Å²) in [5.41, 5.74) is 0.785. The Kier molecular flexibility index (Phi) is 7.23. The quantitative estimate of drug-likeness (QED) is 0.501. The Balaban J connectivity index is 2.36. The van der Waals surface area contributed by atoms with Crippen LogP contribution in [-0.4, -0.2) is 34.3 Å². The van der Waals surface area contributed by atoms with Crippen molar-refractivity contribution in [2.75, 3.05) is 13.2 Å². The SMILES string of the molecule is CCOc1cc(/C=N\n2c(C(C)C)n[nH]c2=S)cc(Cl)c1OCC(C)C. The van der Waals surface area contributed by atoms with Gasteiger partial charge in [-0.3, -0.25) is 5.10 Å². The summed E-state index contributed by atoms with van der Waals surface area (Å²) in [7, 11) is 0. The molecule has 1 heterocycles. The van der Waals surface area contributed by atoms with Crippen LogP contribution in [0.4, 0.5) is 0 Å². The fourth-order valence-electron chi connectivity index (χ4n) is 2.23. The fourth-order valence-corrected chi connectivity index (χ4v) is 2.69. The number of rotatable bonds is 8. The zero-order valence-corrected chi connectivity index (χ0v) is 17.3. The number of hydrogen-bond acceptors (Lipinski definition) is 5. The summed E-state index contributed by atoms with van der Waals surface area (Å²) < 4.78 is 13.6. The maximum absolute atomic E-state index is 6.41. The lowest BCUT2D eigenvalue weighted by atomic mass is 10.2. The van der Waals surface area contributed by atoms with Gasteiger partial charge in [0.25, 0.3) is 0 Å². The molecule has 2 rings (SSSR count). The van der Waals surface area contributed by atoms with Crippen molar-refractivity contribution >= 4 is 30.0 Å². The number of aromatic amines is 1. The van der Waals surface area contributed by atoms with Gasteiger partial charge in [-0.15, -0.1) is 0 Å². The minimum absolute atomic E-state index is 0.189. The van der Waals surface area contributed by atoms with Crippen molar-refractivity contribution in [3.63, 3.8) is 0 Å². The predicted molar refractivity (Wildman–Crippen MR) is 107 cm³/mol. The van der Waals surface area contributed by atoms with Crippen LogP contribution in [0.3, 0.4) is 0 Å². The van der Waals surface area contributed by atoms with Crippen LogP contribution in [0.2, 0.25) is 5.02 Å². The average Bonchev–Trinajstić information content (AvgIpc) is 2.93. The first kappa shape index (κ1) is 20.5. The van der Waals surface area contributed by atoms with Crippen LogP contribution in [-0.2, 0) is 0 Å². The molecule has 0 aliphatic heterocycles. The summed E-state index contributed by atoms with van der Waals surface area (Å²) >= 11 is 11.7. The summed E-state index contributed by atoms with van der Waals surface area (Å²) in [6.07, 6.45) is 1.68. The van der Waals surface area contributed by atoms with Crippen molar-refractivity contribution in [2.45, 2.75) is 40.5 Å². The molecule has 0 spiro atoms. The summed E-state index contributed by atoms with van der Waals surface area (Å²) in [6.45, 7) is 11.2. The Labute approximate surface area is 164 Å². The summed E-state index contributed by atoms with van der Waals surface area (Å²) in [5.74, 6) is 2.50. The minimum atomic E-state index is 0.189. The molecule has 1 N–H and O–H groups in total. The highest BCUT2D eigenvalue weighted by atomic mass is 35.5. The van der Waals surface area contributed by atoms with Gasteiger partial charge in [0.05, 0.1) is 24.5 Å². The maximum atomic E-state index is 6.41. The van der Waals surface area contributed by atoms with E-state index in [1.165, 1.54) is 0 Å². The van der Waals surface area contributed by atoms with Gasteiger partial charge in [-0.1, -0.05) is 39.3 Å². The molecule has 1 aromatic carbocycles. The van der Waals surface area contributed by atoms with E-state index in [1.54, 1.807) is 17.0 Å². The number of nitrogens with one attached hydrogen (secondary N) is 1. The van der Waals surface area contributed by atoms with Gasteiger partial charge in [-0.2, -0.15) is 14.9 Å². The van der Waals surface area contributed by atoms with Crippen LogP contribution in [0.15, 0.2) is 17.2 Å². The number of benzene rings is 1. The summed E-state index contributed by atoms with van der Waals surface area (Å²) in [4.78, 5) is 0. The molecule has 0 aliphatic carbocycles. The van der Waals surface area contributed by atoms with E-state index >= 15 is 0 Å². The fraction of sp³-hybridized carbons (Fsp3) is 0.500. The second-order valence-electron chi connectivity index (χ2n) is 6.57. The number of nitrogens with zero attached hydrogens (tertiary/aromatic N) is 3. The first-order chi connectivity index (χ1) is 12.3. The Morgan fingerprint density at radius 3 is 2.65 bits per heavy atom. The van der Waals surface area contributed by atoms with Crippen molar-refractivity contribution in [1.82, 2.24) is 14.9 Å². The van der Waals surface area contributed by atoms with E-state index in [9.17, 15) is 0 Å². The van der Waals surface area contributed by atoms with Crippen LogP contribution in [0.5, 0.6) is 11.5 Å². The third-order valence-corrected chi connectivity index (χ3v) is 3.95. The largest absolute Gasteiger partial charge is 0.490 e. The van der Waals surface area contributed by atoms with Gasteiger partial charge >= 0.3 is 0 Å². The van der Waals surface area contributed by atoms with Gasteiger partial charge in [0.15, 0.2) is 17.3 Å². The van der Waals surface area contributed by atoms with E-state index in [0.717, 1.165) is 11.4 Å². The third-order valence-electron chi connectivity index (χ3n) is 3.41. The molecule has 0 amide bonds. The molecule has 26 heavy (non-hydrogen) atoms. The molecule has 0 fully saturated rings. The first-order valence-corrected chi connectivity index (χ1v) is 9.42. The van der Waals surface area contributed by atoms with Crippen molar-refractivity contribution < 1.29 is 9.47 Å². The summed E-state index contributed by atoms with van der Waals surface area (Å²) in [6, 6.07) is 3.65. The van der Waals surface area contributed by atoms with Crippen LogP contribution < -0.4 is 9.47 Å². The molecule has 0 atom stereocenters. The maximum Gasteiger partial charge on any atom is 0.216 e. The van der Waals surface area contributed by atoms with Crippen LogP contribution in [0.25, 0.3) is 0 Å². The van der Waals surface area contributed by atoms with Crippen LogP contribution in [0.1, 0.15) is 51.9 Å². The predicted octanol–water partition coefficient (Wildman–Crippen LogP) is 5.03. The molecule has 0 unspecified atom stereocenters. The zero-order valence-electron chi connectivity index (χ0n) is 15.7. The van der Waals surface area contributed by atoms with Crippen molar-refractivity contribution in [3.8, 4) is 11.5 Å². The highest BCUT2D eigenvalue weighted by Gasteiger charge is 2.13. The molecule has 0 saturated carbocycles. The topological polar surface area (TPSA) is 64.4 Å². The second-order valence-corrected chi connectivity index (χ2v) is 7.36. The second kappa shape index (κ2) is 9.19. The smallest absolute Gasteiger partial charge is 0.216 e. The van der Waals surface area contributed by atoms with Gasteiger partial charge < -0.3 is 9.47 Å². The zero-order chi connectivity index (χ0) is 19.3. The van der Waals surface area contributed by atoms with Gasteiger partial charge in [0, 0.05) is 5.92 Å². The molecule has 142 valence electrons. The first-order valence-electron chi connectivity index (χ1n) is 8.64. The minimum Gasteiger partial charge on any atom is -0.490 e. The molecule has 6 nitrogen and oxygen atoms in total. The van der Waals surface area contributed by atoms with Crippen molar-refractivity contribution in [2.24, 2.45) is 11.0 Å². The van der Waals surface area contributed by atoms with Crippen LogP contribution in [0, 0.1) is 10.7 Å². The molecule has 2 aromatic rings.